The Morgan fingerprint density at radius 2 is 2.11 bits per heavy atom. The highest BCUT2D eigenvalue weighted by atomic mass is 16.5. The average Bonchev–Trinajstić information content (AvgIpc) is 2.38. The quantitative estimate of drug-likeness (QED) is 0.591. The highest BCUT2D eigenvalue weighted by Crippen LogP contribution is 2.16. The molecule has 0 spiro atoms. The van der Waals surface area contributed by atoms with Gasteiger partial charge in [-0.1, -0.05) is 12.1 Å². The van der Waals surface area contributed by atoms with Crippen LogP contribution in [0.4, 0.5) is 0 Å². The van der Waals surface area contributed by atoms with Crippen LogP contribution in [0.2, 0.25) is 0 Å². The molecule has 1 unspecified atom stereocenters. The van der Waals surface area contributed by atoms with Crippen molar-refractivity contribution in [3.63, 3.8) is 0 Å². The molecule has 0 heterocycles. The van der Waals surface area contributed by atoms with Crippen LogP contribution < -0.4 is 15.8 Å². The number of aliphatic hydroxyl groups excluding tert-OH is 1. The molecule has 0 fully saturated rings. The minimum absolute atomic E-state index is 0.299. The Morgan fingerprint density at radius 1 is 1.44 bits per heavy atom. The first-order chi connectivity index (χ1) is 8.63. The summed E-state index contributed by atoms with van der Waals surface area (Å²) in [6, 6.07) is 7.28. The molecule has 100 valence electrons. The lowest BCUT2D eigenvalue weighted by Gasteiger charge is -2.12. The fourth-order valence-corrected chi connectivity index (χ4v) is 1.57. The molecule has 0 bridgehead atoms. The second-order valence-electron chi connectivity index (χ2n) is 4.06. The maximum atomic E-state index is 10.5. The first-order valence-corrected chi connectivity index (χ1v) is 5.94. The molecule has 1 aromatic carbocycles. The van der Waals surface area contributed by atoms with Crippen molar-refractivity contribution in [3.8, 4) is 5.75 Å². The van der Waals surface area contributed by atoms with Gasteiger partial charge in [0.2, 0.25) is 5.91 Å². The molecule has 0 aliphatic heterocycles. The van der Waals surface area contributed by atoms with Crippen molar-refractivity contribution >= 4 is 5.91 Å². The van der Waals surface area contributed by atoms with E-state index in [0.29, 0.717) is 25.9 Å². The van der Waals surface area contributed by atoms with Crippen molar-refractivity contribution in [2.24, 2.45) is 5.73 Å². The zero-order chi connectivity index (χ0) is 13.4. The maximum absolute atomic E-state index is 10.5. The number of nitrogens with one attached hydrogen (secondary N) is 1. The molecule has 0 saturated heterocycles. The van der Waals surface area contributed by atoms with Gasteiger partial charge in [-0.25, -0.2) is 0 Å². The van der Waals surface area contributed by atoms with Gasteiger partial charge in [0.15, 0.2) is 0 Å². The van der Waals surface area contributed by atoms with Crippen molar-refractivity contribution in [2.75, 3.05) is 20.2 Å². The molecular formula is C13H20N2O3. The largest absolute Gasteiger partial charge is 0.497 e. The number of hydrogen-bond acceptors (Lipinski definition) is 4. The van der Waals surface area contributed by atoms with Gasteiger partial charge in [0.1, 0.15) is 5.75 Å². The van der Waals surface area contributed by atoms with Crippen molar-refractivity contribution in [3.05, 3.63) is 29.8 Å². The number of benzene rings is 1. The van der Waals surface area contributed by atoms with Gasteiger partial charge in [-0.05, 0) is 30.7 Å². The number of aliphatic hydroxyl groups is 1. The highest BCUT2D eigenvalue weighted by molar-refractivity contribution is 5.73. The Morgan fingerprint density at radius 3 is 2.67 bits per heavy atom. The summed E-state index contributed by atoms with van der Waals surface area (Å²) >= 11 is 0. The number of ether oxygens (including phenoxy) is 1. The molecule has 1 rings (SSSR count). The van der Waals surface area contributed by atoms with Gasteiger partial charge < -0.3 is 20.9 Å². The van der Waals surface area contributed by atoms with Gasteiger partial charge >= 0.3 is 0 Å². The summed E-state index contributed by atoms with van der Waals surface area (Å²) in [5.74, 6) is 0.466. The van der Waals surface area contributed by atoms with Gasteiger partial charge in [0, 0.05) is 13.0 Å². The second-order valence-corrected chi connectivity index (χ2v) is 4.06. The van der Waals surface area contributed by atoms with Crippen LogP contribution in [0, 0.1) is 0 Å². The predicted molar refractivity (Wildman–Crippen MR) is 69.3 cm³/mol. The smallest absolute Gasteiger partial charge is 0.217 e. The molecule has 1 aromatic rings. The van der Waals surface area contributed by atoms with E-state index in [4.69, 9.17) is 10.5 Å². The SMILES string of the molecule is COc1ccc(C(O)CNCCCC(N)=O)cc1. The van der Waals surface area contributed by atoms with Gasteiger partial charge in [0.05, 0.1) is 13.2 Å². The van der Waals surface area contributed by atoms with E-state index in [9.17, 15) is 9.90 Å². The summed E-state index contributed by atoms with van der Waals surface area (Å²) in [6.07, 6.45) is 0.487. The Labute approximate surface area is 107 Å². The lowest BCUT2D eigenvalue weighted by Crippen LogP contribution is -2.23. The lowest BCUT2D eigenvalue weighted by molar-refractivity contribution is -0.118. The third-order valence-corrected chi connectivity index (χ3v) is 2.61. The Balaban J connectivity index is 2.27. The lowest BCUT2D eigenvalue weighted by atomic mass is 10.1. The van der Waals surface area contributed by atoms with Crippen molar-refractivity contribution in [1.29, 1.82) is 0 Å². The summed E-state index contributed by atoms with van der Waals surface area (Å²) in [5.41, 5.74) is 5.86. The van der Waals surface area contributed by atoms with Crippen LogP contribution in [-0.2, 0) is 4.79 Å². The van der Waals surface area contributed by atoms with E-state index in [0.717, 1.165) is 11.3 Å². The summed E-state index contributed by atoms with van der Waals surface area (Å²) in [5, 5.41) is 13.0. The molecule has 0 radical (unpaired) electrons. The molecule has 0 saturated carbocycles. The minimum Gasteiger partial charge on any atom is -0.497 e. The zero-order valence-corrected chi connectivity index (χ0v) is 10.6. The fraction of sp³-hybridized carbons (Fsp3) is 0.462. The third kappa shape index (κ3) is 5.16. The van der Waals surface area contributed by atoms with Gasteiger partial charge in [-0.2, -0.15) is 0 Å². The van der Waals surface area contributed by atoms with Crippen LogP contribution in [0.25, 0.3) is 0 Å². The van der Waals surface area contributed by atoms with E-state index in [1.54, 1.807) is 7.11 Å². The molecule has 1 atom stereocenters. The van der Waals surface area contributed by atoms with Crippen LogP contribution in [0.3, 0.4) is 0 Å². The molecule has 4 N–H and O–H groups in total. The topological polar surface area (TPSA) is 84.6 Å². The second kappa shape index (κ2) is 7.68. The van der Waals surface area contributed by atoms with Crippen molar-refractivity contribution < 1.29 is 14.6 Å². The van der Waals surface area contributed by atoms with Crippen molar-refractivity contribution in [1.82, 2.24) is 5.32 Å². The molecule has 18 heavy (non-hydrogen) atoms. The Bertz CT molecular complexity index is 365. The molecule has 5 heteroatoms. The number of methoxy groups -OCH3 is 1. The molecule has 5 nitrogen and oxygen atoms in total. The number of rotatable bonds is 8. The van der Waals surface area contributed by atoms with Gasteiger partial charge in [0.25, 0.3) is 0 Å². The number of carbonyl (C=O) groups excluding carboxylic acids is 1. The van der Waals surface area contributed by atoms with Crippen LogP contribution in [0.1, 0.15) is 24.5 Å². The van der Waals surface area contributed by atoms with Crippen LogP contribution in [0.5, 0.6) is 5.75 Å². The molecular weight excluding hydrogens is 232 g/mol. The van der Waals surface area contributed by atoms with Gasteiger partial charge in [-0.15, -0.1) is 0 Å². The molecule has 0 aliphatic carbocycles. The summed E-state index contributed by atoms with van der Waals surface area (Å²) in [4.78, 5) is 10.5. The average molecular weight is 252 g/mol. The first kappa shape index (κ1) is 14.5. The number of amides is 1. The molecule has 1 amide bonds. The highest BCUT2D eigenvalue weighted by Gasteiger charge is 2.06. The van der Waals surface area contributed by atoms with E-state index in [1.165, 1.54) is 0 Å². The maximum Gasteiger partial charge on any atom is 0.217 e. The van der Waals surface area contributed by atoms with Crippen LogP contribution in [0.15, 0.2) is 24.3 Å². The van der Waals surface area contributed by atoms with E-state index in [2.05, 4.69) is 5.32 Å². The summed E-state index contributed by atoms with van der Waals surface area (Å²) in [6.45, 7) is 1.11. The van der Waals surface area contributed by atoms with Gasteiger partial charge in [-0.3, -0.25) is 4.79 Å². The number of nitrogens with two attached hydrogens (primary N) is 1. The van der Waals surface area contributed by atoms with E-state index in [1.807, 2.05) is 24.3 Å². The van der Waals surface area contributed by atoms with Crippen molar-refractivity contribution in [2.45, 2.75) is 18.9 Å². The predicted octanol–water partition coefficient (Wildman–Crippen LogP) is 0.584. The van der Waals surface area contributed by atoms with E-state index >= 15 is 0 Å². The van der Waals surface area contributed by atoms with Crippen LogP contribution in [-0.4, -0.2) is 31.2 Å². The number of hydrogen-bond donors (Lipinski definition) is 3. The fourth-order valence-electron chi connectivity index (χ4n) is 1.57. The zero-order valence-electron chi connectivity index (χ0n) is 10.6. The minimum atomic E-state index is -0.565. The summed E-state index contributed by atoms with van der Waals surface area (Å²) in [7, 11) is 1.60. The van der Waals surface area contributed by atoms with E-state index < -0.39 is 6.10 Å². The number of carbonyl (C=O) groups is 1. The molecule has 0 aromatic heterocycles. The first-order valence-electron chi connectivity index (χ1n) is 5.94. The standard InChI is InChI=1S/C13H20N2O3/c1-18-11-6-4-10(5-7-11)12(16)9-15-8-2-3-13(14)17/h4-7,12,15-16H,2-3,8-9H2,1H3,(H2,14,17). The van der Waals surface area contributed by atoms with Crippen LogP contribution >= 0.6 is 0 Å². The summed E-state index contributed by atoms with van der Waals surface area (Å²) < 4.78 is 5.04. The molecule has 0 aliphatic rings. The monoisotopic (exact) mass is 252 g/mol. The Kier molecular flexibility index (Phi) is 6.18. The third-order valence-electron chi connectivity index (χ3n) is 2.61. The Hall–Kier alpha value is -1.59. The van der Waals surface area contributed by atoms with E-state index in [-0.39, 0.29) is 5.91 Å². The number of primary amides is 1. The normalized spacial score (nSPS) is 12.1.